The van der Waals surface area contributed by atoms with Crippen LogP contribution in [0, 0.1) is 17.3 Å². The molecule has 3 nitrogen and oxygen atoms in total. The van der Waals surface area contributed by atoms with Crippen LogP contribution in [0.5, 0.6) is 0 Å². The molecule has 1 saturated heterocycles. The van der Waals surface area contributed by atoms with Crippen molar-refractivity contribution in [2.45, 2.75) is 66.7 Å². The van der Waals surface area contributed by atoms with Crippen molar-refractivity contribution in [3.8, 4) is 0 Å². The summed E-state index contributed by atoms with van der Waals surface area (Å²) >= 11 is 0. The SMILES string of the molecule is CC(CC(=O)C(C)(C)C)C(C)C(=O)N1CCCCCC1. The molecule has 3 heteroatoms. The lowest BCUT2D eigenvalue weighted by Gasteiger charge is -2.28. The van der Waals surface area contributed by atoms with Gasteiger partial charge in [-0.25, -0.2) is 0 Å². The quantitative estimate of drug-likeness (QED) is 0.788. The van der Waals surface area contributed by atoms with Crippen LogP contribution in [0.3, 0.4) is 0 Å². The van der Waals surface area contributed by atoms with Crippen LogP contribution in [0.1, 0.15) is 66.7 Å². The summed E-state index contributed by atoms with van der Waals surface area (Å²) in [4.78, 5) is 26.7. The van der Waals surface area contributed by atoms with E-state index in [2.05, 4.69) is 0 Å². The van der Waals surface area contributed by atoms with Crippen molar-refractivity contribution >= 4 is 11.7 Å². The first kappa shape index (κ1) is 17.2. The Hall–Kier alpha value is -0.860. The lowest BCUT2D eigenvalue weighted by atomic mass is 9.81. The van der Waals surface area contributed by atoms with Crippen molar-refractivity contribution in [2.24, 2.45) is 17.3 Å². The number of amides is 1. The molecule has 2 unspecified atom stereocenters. The number of hydrogen-bond donors (Lipinski definition) is 0. The largest absolute Gasteiger partial charge is 0.342 e. The van der Waals surface area contributed by atoms with E-state index in [0.717, 1.165) is 25.9 Å². The highest BCUT2D eigenvalue weighted by atomic mass is 16.2. The molecule has 1 heterocycles. The lowest BCUT2D eigenvalue weighted by Crippen LogP contribution is -2.39. The number of nitrogens with zero attached hydrogens (tertiary/aromatic N) is 1. The molecule has 1 aliphatic heterocycles. The molecule has 0 aliphatic carbocycles. The first-order chi connectivity index (χ1) is 9.23. The molecule has 0 N–H and O–H groups in total. The molecule has 20 heavy (non-hydrogen) atoms. The van der Waals surface area contributed by atoms with Crippen molar-refractivity contribution in [2.75, 3.05) is 13.1 Å². The minimum absolute atomic E-state index is 0.0561. The van der Waals surface area contributed by atoms with Gasteiger partial charge in [-0.2, -0.15) is 0 Å². The van der Waals surface area contributed by atoms with Gasteiger partial charge >= 0.3 is 0 Å². The third-order valence-corrected chi connectivity index (χ3v) is 4.50. The predicted octanol–water partition coefficient (Wildman–Crippen LogP) is 3.67. The maximum Gasteiger partial charge on any atom is 0.225 e. The summed E-state index contributed by atoms with van der Waals surface area (Å²) in [6, 6.07) is 0. The summed E-state index contributed by atoms with van der Waals surface area (Å²) < 4.78 is 0. The average molecular weight is 281 g/mol. The lowest BCUT2D eigenvalue weighted by molar-refractivity contribution is -0.137. The number of carbonyl (C=O) groups is 2. The van der Waals surface area contributed by atoms with Crippen molar-refractivity contribution in [1.29, 1.82) is 0 Å². The van der Waals surface area contributed by atoms with Gasteiger partial charge in [0, 0.05) is 30.8 Å². The standard InChI is InChI=1S/C17H31NO2/c1-13(12-15(19)17(3,4)5)14(2)16(20)18-10-8-6-7-9-11-18/h13-14H,6-12H2,1-5H3. The van der Waals surface area contributed by atoms with Crippen molar-refractivity contribution in [3.63, 3.8) is 0 Å². The third-order valence-electron chi connectivity index (χ3n) is 4.50. The molecule has 1 fully saturated rings. The minimum Gasteiger partial charge on any atom is -0.342 e. The van der Waals surface area contributed by atoms with Crippen LogP contribution in [0.2, 0.25) is 0 Å². The Kier molecular flexibility index (Phi) is 6.22. The number of ketones is 1. The molecule has 0 bridgehead atoms. The van der Waals surface area contributed by atoms with Gasteiger partial charge in [0.2, 0.25) is 5.91 Å². The zero-order valence-corrected chi connectivity index (χ0v) is 13.9. The summed E-state index contributed by atoms with van der Waals surface area (Å²) in [7, 11) is 0. The predicted molar refractivity (Wildman–Crippen MR) is 82.5 cm³/mol. The van der Waals surface area contributed by atoms with Gasteiger partial charge in [0.15, 0.2) is 0 Å². The number of hydrogen-bond acceptors (Lipinski definition) is 2. The maximum absolute atomic E-state index is 12.5. The van der Waals surface area contributed by atoms with Gasteiger partial charge in [-0.3, -0.25) is 9.59 Å². The first-order valence-corrected chi connectivity index (χ1v) is 8.05. The smallest absolute Gasteiger partial charge is 0.225 e. The second-order valence-corrected chi connectivity index (χ2v) is 7.38. The van der Waals surface area contributed by atoms with E-state index in [-0.39, 0.29) is 28.9 Å². The van der Waals surface area contributed by atoms with Crippen LogP contribution in [-0.4, -0.2) is 29.7 Å². The molecular formula is C17H31NO2. The van der Waals surface area contributed by atoms with Gasteiger partial charge in [0.05, 0.1) is 0 Å². The molecule has 0 aromatic heterocycles. The fourth-order valence-corrected chi connectivity index (χ4v) is 2.60. The highest BCUT2D eigenvalue weighted by Crippen LogP contribution is 2.25. The van der Waals surface area contributed by atoms with Crippen molar-refractivity contribution in [3.05, 3.63) is 0 Å². The fourth-order valence-electron chi connectivity index (χ4n) is 2.60. The molecule has 116 valence electrons. The Balaban J connectivity index is 2.56. The van der Waals surface area contributed by atoms with Crippen LogP contribution in [-0.2, 0) is 9.59 Å². The number of rotatable bonds is 4. The molecule has 1 amide bonds. The van der Waals surface area contributed by atoms with E-state index >= 15 is 0 Å². The topological polar surface area (TPSA) is 37.4 Å². The first-order valence-electron chi connectivity index (χ1n) is 8.05. The van der Waals surface area contributed by atoms with E-state index < -0.39 is 0 Å². The van der Waals surface area contributed by atoms with Crippen molar-refractivity contribution in [1.82, 2.24) is 4.90 Å². The van der Waals surface area contributed by atoms with Crippen LogP contribution >= 0.6 is 0 Å². The number of Topliss-reactive ketones (excluding diaryl/α,β-unsaturated/α-hetero) is 1. The van der Waals surface area contributed by atoms with Crippen molar-refractivity contribution < 1.29 is 9.59 Å². The molecule has 2 atom stereocenters. The van der Waals surface area contributed by atoms with Gasteiger partial charge in [0.25, 0.3) is 0 Å². The second-order valence-electron chi connectivity index (χ2n) is 7.38. The fraction of sp³-hybridized carbons (Fsp3) is 0.882. The van der Waals surface area contributed by atoms with E-state index in [1.807, 2.05) is 39.5 Å². The van der Waals surface area contributed by atoms with Gasteiger partial charge in [-0.1, -0.05) is 47.5 Å². The van der Waals surface area contributed by atoms with Crippen LogP contribution in [0.15, 0.2) is 0 Å². The zero-order chi connectivity index (χ0) is 15.3. The van der Waals surface area contributed by atoms with Gasteiger partial charge in [0.1, 0.15) is 5.78 Å². The number of carbonyl (C=O) groups excluding carboxylic acids is 2. The molecule has 0 saturated carbocycles. The maximum atomic E-state index is 12.5. The van der Waals surface area contributed by atoms with Gasteiger partial charge < -0.3 is 4.90 Å². The van der Waals surface area contributed by atoms with Gasteiger partial charge in [-0.15, -0.1) is 0 Å². The highest BCUT2D eigenvalue weighted by Gasteiger charge is 2.30. The number of likely N-dealkylation sites (tertiary alicyclic amines) is 1. The normalized spacial score (nSPS) is 20.1. The van der Waals surface area contributed by atoms with E-state index in [1.54, 1.807) is 0 Å². The summed E-state index contributed by atoms with van der Waals surface area (Å²) in [5.74, 6) is 0.554. The third kappa shape index (κ3) is 4.92. The molecule has 0 spiro atoms. The van der Waals surface area contributed by atoms with Crippen LogP contribution in [0.4, 0.5) is 0 Å². The minimum atomic E-state index is -0.306. The van der Waals surface area contributed by atoms with Crippen LogP contribution < -0.4 is 0 Å². The molecule has 1 rings (SSSR count). The van der Waals surface area contributed by atoms with E-state index in [4.69, 9.17) is 0 Å². The summed E-state index contributed by atoms with van der Waals surface area (Å²) in [6.45, 7) is 11.6. The summed E-state index contributed by atoms with van der Waals surface area (Å²) in [6.07, 6.45) is 5.21. The Morgan fingerprint density at radius 3 is 1.95 bits per heavy atom. The van der Waals surface area contributed by atoms with E-state index in [9.17, 15) is 9.59 Å². The molecular weight excluding hydrogens is 250 g/mol. The van der Waals surface area contributed by atoms with Gasteiger partial charge in [-0.05, 0) is 18.8 Å². The molecule has 0 aromatic rings. The Morgan fingerprint density at radius 1 is 1.00 bits per heavy atom. The Bertz CT molecular complexity index is 335. The average Bonchev–Trinajstić information content (AvgIpc) is 2.64. The second kappa shape index (κ2) is 7.24. The zero-order valence-electron chi connectivity index (χ0n) is 13.9. The monoisotopic (exact) mass is 281 g/mol. The van der Waals surface area contributed by atoms with E-state index in [0.29, 0.717) is 6.42 Å². The Morgan fingerprint density at radius 2 is 1.50 bits per heavy atom. The summed E-state index contributed by atoms with van der Waals surface area (Å²) in [5, 5.41) is 0. The summed E-state index contributed by atoms with van der Waals surface area (Å²) in [5.41, 5.74) is -0.306. The highest BCUT2D eigenvalue weighted by molar-refractivity contribution is 5.85. The molecule has 0 aromatic carbocycles. The van der Waals surface area contributed by atoms with E-state index in [1.165, 1.54) is 12.8 Å². The molecule has 0 radical (unpaired) electrons. The molecule has 1 aliphatic rings. The Labute approximate surface area is 124 Å². The van der Waals surface area contributed by atoms with Crippen LogP contribution in [0.25, 0.3) is 0 Å².